The molecule has 0 radical (unpaired) electrons. The molecule has 148 valence electrons. The molecule has 7 nitrogen and oxygen atoms in total. The zero-order valence-electron chi connectivity index (χ0n) is 16.0. The van der Waals surface area contributed by atoms with E-state index in [-0.39, 0.29) is 35.6 Å². The Balaban J connectivity index is 1.51. The largest absolute Gasteiger partial charge is 0.454 e. The van der Waals surface area contributed by atoms with Crippen molar-refractivity contribution in [2.24, 2.45) is 17.8 Å². The summed E-state index contributed by atoms with van der Waals surface area (Å²) in [6, 6.07) is -0.906. The fourth-order valence-electron chi connectivity index (χ4n) is 4.35. The summed E-state index contributed by atoms with van der Waals surface area (Å²) in [6.45, 7) is 3.19. The van der Waals surface area contributed by atoms with Crippen LogP contribution in [-0.4, -0.2) is 47.3 Å². The lowest BCUT2D eigenvalue weighted by Crippen LogP contribution is -2.46. The van der Waals surface area contributed by atoms with Gasteiger partial charge in [-0.15, -0.1) is 0 Å². The molecule has 7 heteroatoms. The van der Waals surface area contributed by atoms with Crippen LogP contribution in [0.2, 0.25) is 0 Å². The Morgan fingerprint density at radius 3 is 2.33 bits per heavy atom. The average Bonchev–Trinajstić information content (AvgIpc) is 2.92. The smallest absolute Gasteiger partial charge is 0.329 e. The minimum absolute atomic E-state index is 0.111. The number of allylic oxidation sites excluding steroid dienone is 2. The Bertz CT molecular complexity index is 633. The molecule has 0 unspecified atom stereocenters. The Labute approximate surface area is 159 Å². The molecule has 0 aromatic heterocycles. The van der Waals surface area contributed by atoms with Crippen LogP contribution < -0.4 is 5.32 Å². The molecule has 3 rings (SSSR count). The molecule has 3 aliphatic rings. The summed E-state index contributed by atoms with van der Waals surface area (Å²) in [5.74, 6) is -2.06. The number of amides is 3. The van der Waals surface area contributed by atoms with Crippen molar-refractivity contribution < 1.29 is 23.9 Å². The van der Waals surface area contributed by atoms with E-state index in [0.717, 1.165) is 24.2 Å². The molecule has 1 saturated heterocycles. The van der Waals surface area contributed by atoms with Crippen LogP contribution in [0, 0.1) is 17.8 Å². The van der Waals surface area contributed by atoms with Crippen LogP contribution in [0.25, 0.3) is 0 Å². The van der Waals surface area contributed by atoms with Gasteiger partial charge in [-0.1, -0.05) is 31.9 Å². The number of rotatable bonds is 5. The lowest BCUT2D eigenvalue weighted by atomic mass is 9.85. The molecular weight excluding hydrogens is 348 g/mol. The number of nitrogens with one attached hydrogen (secondary N) is 1. The van der Waals surface area contributed by atoms with Gasteiger partial charge in [0, 0.05) is 6.04 Å². The summed E-state index contributed by atoms with van der Waals surface area (Å²) in [6.07, 6.45) is 9.12. The molecule has 1 heterocycles. The van der Waals surface area contributed by atoms with Crippen LogP contribution >= 0.6 is 0 Å². The highest BCUT2D eigenvalue weighted by Gasteiger charge is 2.50. The lowest BCUT2D eigenvalue weighted by molar-refractivity contribution is -0.159. The first-order chi connectivity index (χ1) is 12.9. The predicted molar refractivity (Wildman–Crippen MR) is 97.2 cm³/mol. The summed E-state index contributed by atoms with van der Waals surface area (Å²) in [4.78, 5) is 50.5. The second-order valence-corrected chi connectivity index (χ2v) is 7.92. The number of ether oxygens (including phenoxy) is 1. The third-order valence-electron chi connectivity index (χ3n) is 6.07. The zero-order chi connectivity index (χ0) is 19.6. The summed E-state index contributed by atoms with van der Waals surface area (Å²) in [7, 11) is 0. The second-order valence-electron chi connectivity index (χ2n) is 7.92. The maximum absolute atomic E-state index is 12.5. The van der Waals surface area contributed by atoms with Gasteiger partial charge >= 0.3 is 5.97 Å². The van der Waals surface area contributed by atoms with Crippen LogP contribution in [0.1, 0.15) is 52.4 Å². The quantitative estimate of drug-likeness (QED) is 0.447. The highest BCUT2D eigenvalue weighted by atomic mass is 16.5. The van der Waals surface area contributed by atoms with Crippen LogP contribution in [0.15, 0.2) is 12.2 Å². The van der Waals surface area contributed by atoms with Gasteiger partial charge < -0.3 is 10.1 Å². The van der Waals surface area contributed by atoms with Gasteiger partial charge in [-0.25, -0.2) is 4.79 Å². The van der Waals surface area contributed by atoms with E-state index in [0.29, 0.717) is 18.8 Å². The number of imide groups is 1. The van der Waals surface area contributed by atoms with Crippen molar-refractivity contribution in [1.29, 1.82) is 0 Å². The van der Waals surface area contributed by atoms with Gasteiger partial charge in [0.2, 0.25) is 11.8 Å². The number of carbonyl (C=O) groups is 4. The number of likely N-dealkylation sites (tertiary alicyclic amines) is 1. The Morgan fingerprint density at radius 1 is 1.15 bits per heavy atom. The molecule has 0 spiro atoms. The fourth-order valence-corrected chi connectivity index (χ4v) is 4.35. The molecule has 1 aliphatic heterocycles. The van der Waals surface area contributed by atoms with Crippen molar-refractivity contribution >= 4 is 23.7 Å². The van der Waals surface area contributed by atoms with Crippen molar-refractivity contribution in [1.82, 2.24) is 10.2 Å². The van der Waals surface area contributed by atoms with Crippen LogP contribution in [0.5, 0.6) is 0 Å². The van der Waals surface area contributed by atoms with Gasteiger partial charge in [-0.3, -0.25) is 19.3 Å². The molecule has 27 heavy (non-hydrogen) atoms. The Morgan fingerprint density at radius 2 is 1.74 bits per heavy atom. The van der Waals surface area contributed by atoms with E-state index < -0.39 is 18.6 Å². The van der Waals surface area contributed by atoms with E-state index in [1.165, 1.54) is 13.3 Å². The Hall–Kier alpha value is -2.18. The van der Waals surface area contributed by atoms with E-state index in [9.17, 15) is 19.2 Å². The normalized spacial score (nSPS) is 31.4. The van der Waals surface area contributed by atoms with Gasteiger partial charge in [0.1, 0.15) is 6.04 Å². The molecule has 1 N–H and O–H groups in total. The monoisotopic (exact) mass is 376 g/mol. The highest BCUT2D eigenvalue weighted by Crippen LogP contribution is 2.36. The molecule has 0 aromatic carbocycles. The minimum atomic E-state index is -1.02. The fraction of sp³-hybridized carbons (Fsp3) is 0.700. The van der Waals surface area contributed by atoms with Gasteiger partial charge in [-0.05, 0) is 38.5 Å². The van der Waals surface area contributed by atoms with Gasteiger partial charge in [0.15, 0.2) is 6.61 Å². The SMILES string of the molecule is C[C@@H]1CCCC[C@H]1NC(=O)COC(=O)[C@H](C)N1C(=O)[C@H]2CC=CC[C@H]2C1=O. The number of hydrogen-bond acceptors (Lipinski definition) is 5. The number of hydrogen-bond donors (Lipinski definition) is 1. The zero-order valence-corrected chi connectivity index (χ0v) is 16.0. The number of fused-ring (bicyclic) bond motifs is 1. The van der Waals surface area contributed by atoms with Crippen molar-refractivity contribution in [2.75, 3.05) is 6.61 Å². The third kappa shape index (κ3) is 4.06. The van der Waals surface area contributed by atoms with Crippen molar-refractivity contribution in [3.63, 3.8) is 0 Å². The van der Waals surface area contributed by atoms with Crippen LogP contribution in [-0.2, 0) is 23.9 Å². The first kappa shape index (κ1) is 19.6. The van der Waals surface area contributed by atoms with Crippen molar-refractivity contribution in [3.05, 3.63) is 12.2 Å². The second kappa shape index (κ2) is 8.23. The van der Waals surface area contributed by atoms with E-state index in [2.05, 4.69) is 12.2 Å². The summed E-state index contributed by atoms with van der Waals surface area (Å²) < 4.78 is 5.09. The molecule has 0 aromatic rings. The number of carbonyl (C=O) groups excluding carboxylic acids is 4. The van der Waals surface area contributed by atoms with E-state index in [1.54, 1.807) is 0 Å². The summed E-state index contributed by atoms with van der Waals surface area (Å²) in [5.41, 5.74) is 0. The van der Waals surface area contributed by atoms with E-state index in [4.69, 9.17) is 4.74 Å². The molecule has 3 amide bonds. The van der Waals surface area contributed by atoms with Gasteiger partial charge in [0.25, 0.3) is 5.91 Å². The lowest BCUT2D eigenvalue weighted by Gasteiger charge is -2.29. The topological polar surface area (TPSA) is 92.8 Å². The van der Waals surface area contributed by atoms with E-state index >= 15 is 0 Å². The maximum atomic E-state index is 12.5. The standard InChI is InChI=1S/C20H28N2O5/c1-12-7-3-6-10-16(12)21-17(23)11-27-20(26)13(2)22-18(24)14-8-4-5-9-15(14)19(22)25/h4-5,12-16H,3,6-11H2,1-2H3,(H,21,23)/t12-,13+,14-,15+,16-/m1/s1. The first-order valence-electron chi connectivity index (χ1n) is 9.88. The number of nitrogens with zero attached hydrogens (tertiary/aromatic N) is 1. The predicted octanol–water partition coefficient (Wildman–Crippen LogP) is 1.56. The van der Waals surface area contributed by atoms with Crippen molar-refractivity contribution in [3.8, 4) is 0 Å². The van der Waals surface area contributed by atoms with Crippen LogP contribution in [0.3, 0.4) is 0 Å². The average molecular weight is 376 g/mol. The molecule has 0 bridgehead atoms. The summed E-state index contributed by atoms with van der Waals surface area (Å²) >= 11 is 0. The van der Waals surface area contributed by atoms with Gasteiger partial charge in [-0.2, -0.15) is 0 Å². The molecule has 2 aliphatic carbocycles. The first-order valence-corrected chi connectivity index (χ1v) is 9.88. The number of esters is 1. The molecule has 2 fully saturated rings. The Kier molecular flexibility index (Phi) is 5.97. The van der Waals surface area contributed by atoms with Crippen LogP contribution in [0.4, 0.5) is 0 Å². The van der Waals surface area contributed by atoms with E-state index in [1.807, 2.05) is 12.2 Å². The summed E-state index contributed by atoms with van der Waals surface area (Å²) in [5, 5.41) is 2.92. The highest BCUT2D eigenvalue weighted by molar-refractivity contribution is 6.08. The molecular formula is C20H28N2O5. The van der Waals surface area contributed by atoms with Gasteiger partial charge in [0.05, 0.1) is 11.8 Å². The molecule has 5 atom stereocenters. The third-order valence-corrected chi connectivity index (χ3v) is 6.07. The van der Waals surface area contributed by atoms with Crippen molar-refractivity contribution in [2.45, 2.75) is 64.5 Å². The maximum Gasteiger partial charge on any atom is 0.329 e. The minimum Gasteiger partial charge on any atom is -0.454 e. The molecule has 1 saturated carbocycles.